The maximum atomic E-state index is 14.2. The number of halogens is 3. The van der Waals surface area contributed by atoms with Crippen LogP contribution in [0.15, 0.2) is 41.7 Å². The molecule has 0 bridgehead atoms. The summed E-state index contributed by atoms with van der Waals surface area (Å²) in [6, 6.07) is 4.72. The Balaban J connectivity index is 1.98. The molecule has 130 valence electrons. The van der Waals surface area contributed by atoms with Gasteiger partial charge in [-0.25, -0.2) is 28.2 Å². The molecule has 0 saturated carbocycles. The molecule has 0 fully saturated rings. The first-order valence-corrected chi connectivity index (χ1v) is 7.61. The Labute approximate surface area is 149 Å². The molecule has 0 aliphatic carbocycles. The zero-order valence-corrected chi connectivity index (χ0v) is 13.5. The van der Waals surface area contributed by atoms with Crippen LogP contribution in [-0.2, 0) is 0 Å². The van der Waals surface area contributed by atoms with E-state index in [-0.39, 0.29) is 33.7 Å². The quantitative estimate of drug-likeness (QED) is 0.716. The number of aliphatic imine (C=N–C) groups is 1. The van der Waals surface area contributed by atoms with E-state index in [1.54, 1.807) is 0 Å². The minimum atomic E-state index is -1.19. The average molecular weight is 376 g/mol. The Hall–Kier alpha value is -3.33. The highest BCUT2D eigenvalue weighted by Gasteiger charge is 2.25. The van der Waals surface area contributed by atoms with Crippen molar-refractivity contribution in [3.05, 3.63) is 64.4 Å². The third-order valence-corrected chi connectivity index (χ3v) is 3.96. The predicted octanol–water partition coefficient (Wildman–Crippen LogP) is 3.40. The van der Waals surface area contributed by atoms with Gasteiger partial charge < -0.3 is 10.4 Å². The molecule has 1 aromatic carbocycles. The van der Waals surface area contributed by atoms with Crippen LogP contribution < -0.4 is 5.32 Å². The number of nitrogens with one attached hydrogen (secondary N) is 1. The summed E-state index contributed by atoms with van der Waals surface area (Å²) >= 11 is 6.09. The summed E-state index contributed by atoms with van der Waals surface area (Å²) in [5.74, 6) is -2.81. The summed E-state index contributed by atoms with van der Waals surface area (Å²) in [5, 5.41) is 16.1. The molecule has 0 saturated heterocycles. The summed E-state index contributed by atoms with van der Waals surface area (Å²) in [6.45, 7) is 0. The number of fused-ring (bicyclic) bond motifs is 3. The number of hydrogen-bond donors (Lipinski definition) is 2. The van der Waals surface area contributed by atoms with Gasteiger partial charge in [0.25, 0.3) is 0 Å². The van der Waals surface area contributed by atoms with Gasteiger partial charge in [-0.05, 0) is 18.2 Å². The van der Waals surface area contributed by atoms with E-state index in [4.69, 9.17) is 16.7 Å². The zero-order valence-electron chi connectivity index (χ0n) is 12.7. The molecule has 3 heterocycles. The summed E-state index contributed by atoms with van der Waals surface area (Å²) in [7, 11) is 0. The molecule has 2 aromatic heterocycles. The fourth-order valence-electron chi connectivity index (χ4n) is 2.52. The molecule has 26 heavy (non-hydrogen) atoms. The Kier molecular flexibility index (Phi) is 3.66. The van der Waals surface area contributed by atoms with Crippen LogP contribution in [0.1, 0.15) is 15.9 Å². The average Bonchev–Trinajstić information content (AvgIpc) is 2.86. The van der Waals surface area contributed by atoms with E-state index in [1.807, 2.05) is 0 Å². The van der Waals surface area contributed by atoms with Gasteiger partial charge >= 0.3 is 5.97 Å². The molecule has 2 N–H and O–H groups in total. The van der Waals surface area contributed by atoms with E-state index in [0.717, 1.165) is 18.3 Å². The lowest BCUT2D eigenvalue weighted by atomic mass is 10.1. The number of rotatable bonds is 2. The van der Waals surface area contributed by atoms with Crippen molar-refractivity contribution in [2.45, 2.75) is 0 Å². The van der Waals surface area contributed by atoms with Gasteiger partial charge in [0.05, 0.1) is 17.3 Å². The minimum Gasteiger partial charge on any atom is -0.478 e. The van der Waals surface area contributed by atoms with Crippen molar-refractivity contribution in [2.24, 2.45) is 4.99 Å². The number of carbonyl (C=O) groups is 1. The second kappa shape index (κ2) is 5.88. The summed E-state index contributed by atoms with van der Waals surface area (Å²) in [6.07, 6.45) is 2.40. The van der Waals surface area contributed by atoms with Crippen molar-refractivity contribution in [1.29, 1.82) is 0 Å². The molecule has 0 spiro atoms. The molecule has 3 aromatic rings. The van der Waals surface area contributed by atoms with Crippen LogP contribution in [0.3, 0.4) is 0 Å². The number of carboxylic acid groups (broad SMARTS) is 1. The van der Waals surface area contributed by atoms with Gasteiger partial charge in [-0.2, -0.15) is 5.10 Å². The molecule has 7 nitrogen and oxygen atoms in total. The first kappa shape index (κ1) is 16.2. The summed E-state index contributed by atoms with van der Waals surface area (Å²) in [5.41, 5.74) is -0.265. The van der Waals surface area contributed by atoms with E-state index in [9.17, 15) is 13.6 Å². The standard InChI is InChI=1S/C16H8ClF2N5O2/c17-8-6-21-24-11-4-7(16(25)26)5-20-13(11)22-14(23-15(8)24)12-9(18)2-1-3-10(12)19/h1-6H,(H,25,26)(H,20,22,23). The van der Waals surface area contributed by atoms with Gasteiger partial charge in [-0.15, -0.1) is 0 Å². The molecule has 0 amide bonds. The van der Waals surface area contributed by atoms with Crippen LogP contribution in [0.25, 0.3) is 5.69 Å². The molecular weight excluding hydrogens is 368 g/mol. The number of carboxylic acids is 1. The van der Waals surface area contributed by atoms with E-state index in [1.165, 1.54) is 23.0 Å². The van der Waals surface area contributed by atoms with Gasteiger partial charge in [-0.1, -0.05) is 17.7 Å². The van der Waals surface area contributed by atoms with Crippen molar-refractivity contribution in [2.75, 3.05) is 5.32 Å². The maximum Gasteiger partial charge on any atom is 0.337 e. The predicted molar refractivity (Wildman–Crippen MR) is 89.5 cm³/mol. The van der Waals surface area contributed by atoms with Crippen molar-refractivity contribution in [1.82, 2.24) is 14.8 Å². The summed E-state index contributed by atoms with van der Waals surface area (Å²) in [4.78, 5) is 19.4. The molecule has 4 rings (SSSR count). The minimum absolute atomic E-state index is 0.0832. The maximum absolute atomic E-state index is 14.2. The molecule has 10 heteroatoms. The Morgan fingerprint density at radius 3 is 2.65 bits per heavy atom. The fourth-order valence-corrected chi connectivity index (χ4v) is 2.68. The molecule has 0 unspecified atom stereocenters. The molecule has 0 radical (unpaired) electrons. The second-order valence-electron chi connectivity index (χ2n) is 5.31. The van der Waals surface area contributed by atoms with Crippen LogP contribution in [0.2, 0.25) is 5.02 Å². The lowest BCUT2D eigenvalue weighted by Crippen LogP contribution is -2.18. The van der Waals surface area contributed by atoms with Gasteiger partial charge in [0.2, 0.25) is 0 Å². The fraction of sp³-hybridized carbons (Fsp3) is 0. The van der Waals surface area contributed by atoms with E-state index < -0.39 is 23.2 Å². The van der Waals surface area contributed by atoms with E-state index in [0.29, 0.717) is 0 Å². The first-order chi connectivity index (χ1) is 12.5. The van der Waals surface area contributed by atoms with Crippen LogP contribution in [0.4, 0.5) is 20.4 Å². The monoisotopic (exact) mass is 375 g/mol. The molecular formula is C16H8ClF2N5O2. The number of benzene rings is 1. The molecule has 1 aliphatic heterocycles. The smallest absolute Gasteiger partial charge is 0.337 e. The number of aromatic carboxylic acids is 1. The second-order valence-corrected chi connectivity index (χ2v) is 5.71. The molecule has 0 atom stereocenters. The van der Waals surface area contributed by atoms with Gasteiger partial charge in [0, 0.05) is 6.20 Å². The van der Waals surface area contributed by atoms with Crippen molar-refractivity contribution in [3.63, 3.8) is 0 Å². The van der Waals surface area contributed by atoms with Gasteiger partial charge in [0.15, 0.2) is 11.6 Å². The van der Waals surface area contributed by atoms with E-state index >= 15 is 0 Å². The highest BCUT2D eigenvalue weighted by Crippen LogP contribution is 2.34. The lowest BCUT2D eigenvalue weighted by Gasteiger charge is -2.11. The highest BCUT2D eigenvalue weighted by atomic mass is 35.5. The Morgan fingerprint density at radius 2 is 1.96 bits per heavy atom. The number of hydrogen-bond acceptors (Lipinski definition) is 5. The largest absolute Gasteiger partial charge is 0.478 e. The van der Waals surface area contributed by atoms with Crippen LogP contribution >= 0.6 is 11.6 Å². The number of anilines is 1. The molecule has 1 aliphatic rings. The number of nitrogens with zero attached hydrogens (tertiary/aromatic N) is 4. The van der Waals surface area contributed by atoms with Gasteiger partial charge in [-0.3, -0.25) is 0 Å². The summed E-state index contributed by atoms with van der Waals surface area (Å²) < 4.78 is 29.6. The third-order valence-electron chi connectivity index (χ3n) is 3.70. The highest BCUT2D eigenvalue weighted by molar-refractivity contribution is 6.33. The normalized spacial score (nSPS) is 12.5. The zero-order chi connectivity index (χ0) is 18.4. The van der Waals surface area contributed by atoms with Crippen LogP contribution in [0.5, 0.6) is 0 Å². The van der Waals surface area contributed by atoms with Crippen molar-refractivity contribution in [3.8, 4) is 5.69 Å². The van der Waals surface area contributed by atoms with Crippen LogP contribution in [-0.4, -0.2) is 31.7 Å². The topological polar surface area (TPSA) is 92.4 Å². The number of amidine groups is 1. The first-order valence-electron chi connectivity index (χ1n) is 7.23. The van der Waals surface area contributed by atoms with E-state index in [2.05, 4.69) is 20.4 Å². The SMILES string of the molecule is O=C(O)c1cnc2c(c1)-n1ncc(Cl)c1N=C(c1c(F)cccc1F)N2. The van der Waals surface area contributed by atoms with Crippen molar-refractivity contribution >= 4 is 35.0 Å². The number of pyridine rings is 1. The number of aromatic nitrogens is 3. The lowest BCUT2D eigenvalue weighted by molar-refractivity contribution is 0.0696. The third kappa shape index (κ3) is 2.49. The van der Waals surface area contributed by atoms with Crippen LogP contribution in [0, 0.1) is 11.6 Å². The Bertz CT molecular complexity index is 1080. The van der Waals surface area contributed by atoms with Crippen molar-refractivity contribution < 1.29 is 18.7 Å². The Morgan fingerprint density at radius 1 is 1.23 bits per heavy atom. The van der Waals surface area contributed by atoms with Gasteiger partial charge in [0.1, 0.15) is 28.2 Å².